The summed E-state index contributed by atoms with van der Waals surface area (Å²) in [5, 5.41) is 1.93. The largest absolute Gasteiger partial charge is 0.342 e. The van der Waals surface area contributed by atoms with Gasteiger partial charge in [-0.1, -0.05) is 30.0 Å². The summed E-state index contributed by atoms with van der Waals surface area (Å²) in [5.41, 5.74) is 0.943. The van der Waals surface area contributed by atoms with Crippen LogP contribution < -0.4 is 0 Å². The maximum atomic E-state index is 12.3. The Morgan fingerprint density at radius 1 is 1.19 bits per heavy atom. The fourth-order valence-electron chi connectivity index (χ4n) is 2.63. The fraction of sp³-hybridized carbons (Fsp3) is 0.438. The predicted molar refractivity (Wildman–Crippen MR) is 85.4 cm³/mol. The third kappa shape index (κ3) is 3.35. The lowest BCUT2D eigenvalue weighted by molar-refractivity contribution is -0.129. The van der Waals surface area contributed by atoms with Crippen molar-refractivity contribution >= 4 is 28.6 Å². The average molecular weight is 301 g/mol. The fourth-order valence-corrected chi connectivity index (χ4v) is 3.60. The molecule has 0 radical (unpaired) electrons. The molecule has 1 aliphatic rings. The molecule has 1 aromatic carbocycles. The lowest BCUT2D eigenvalue weighted by Gasteiger charge is -2.26. The summed E-state index contributed by atoms with van der Waals surface area (Å²) in [7, 11) is 0. The number of carbonyl (C=O) groups is 1. The lowest BCUT2D eigenvalue weighted by Crippen LogP contribution is -2.36. The van der Waals surface area contributed by atoms with E-state index in [1.165, 1.54) is 18.2 Å². The molecule has 3 rings (SSSR count). The number of thioether (sulfide) groups is 1. The van der Waals surface area contributed by atoms with Crippen LogP contribution in [0.25, 0.3) is 10.9 Å². The molecule has 0 atom stereocenters. The van der Waals surface area contributed by atoms with Crippen LogP contribution in [0, 0.1) is 6.92 Å². The van der Waals surface area contributed by atoms with Gasteiger partial charge in [-0.05, 0) is 32.3 Å². The molecular formula is C16H19N3OS. The second-order valence-corrected chi connectivity index (χ2v) is 6.29. The van der Waals surface area contributed by atoms with E-state index in [1.54, 1.807) is 0 Å². The molecule has 110 valence electrons. The molecule has 0 unspecified atom stereocenters. The molecule has 4 nitrogen and oxygen atoms in total. The molecule has 1 fully saturated rings. The number of nitrogens with zero attached hydrogens (tertiary/aromatic N) is 3. The Morgan fingerprint density at radius 2 is 1.95 bits per heavy atom. The van der Waals surface area contributed by atoms with Crippen molar-refractivity contribution in [2.75, 3.05) is 18.8 Å². The number of amides is 1. The Balaban J connectivity index is 1.74. The Kier molecular flexibility index (Phi) is 4.39. The summed E-state index contributed by atoms with van der Waals surface area (Å²) in [6.07, 6.45) is 3.50. The Hall–Kier alpha value is -1.62. The van der Waals surface area contributed by atoms with E-state index >= 15 is 0 Å². The topological polar surface area (TPSA) is 46.1 Å². The third-order valence-electron chi connectivity index (χ3n) is 3.72. The van der Waals surface area contributed by atoms with Crippen LogP contribution in [0.3, 0.4) is 0 Å². The third-order valence-corrected chi connectivity index (χ3v) is 4.70. The van der Waals surface area contributed by atoms with Crippen LogP contribution in [0.15, 0.2) is 29.3 Å². The maximum absolute atomic E-state index is 12.3. The molecule has 0 spiro atoms. The van der Waals surface area contributed by atoms with Crippen LogP contribution in [0.1, 0.15) is 25.1 Å². The molecular weight excluding hydrogens is 282 g/mol. The van der Waals surface area contributed by atoms with E-state index in [9.17, 15) is 4.79 Å². The molecule has 2 heterocycles. The highest BCUT2D eigenvalue weighted by Gasteiger charge is 2.17. The van der Waals surface area contributed by atoms with E-state index in [4.69, 9.17) is 0 Å². The van der Waals surface area contributed by atoms with E-state index in [1.807, 2.05) is 36.1 Å². The normalized spacial score (nSPS) is 15.4. The summed E-state index contributed by atoms with van der Waals surface area (Å²) in [5.74, 6) is 1.43. The van der Waals surface area contributed by atoms with Crippen molar-refractivity contribution in [1.82, 2.24) is 14.9 Å². The highest BCUT2D eigenvalue weighted by Crippen LogP contribution is 2.25. The lowest BCUT2D eigenvalue weighted by atomic mass is 10.1. The van der Waals surface area contributed by atoms with Crippen molar-refractivity contribution in [3.05, 3.63) is 30.1 Å². The first-order chi connectivity index (χ1) is 10.2. The van der Waals surface area contributed by atoms with Gasteiger partial charge >= 0.3 is 0 Å². The van der Waals surface area contributed by atoms with Crippen molar-refractivity contribution in [2.24, 2.45) is 0 Å². The number of hydrogen-bond acceptors (Lipinski definition) is 4. The predicted octanol–water partition coefficient (Wildman–Crippen LogP) is 3.04. The molecule has 0 bridgehead atoms. The van der Waals surface area contributed by atoms with Crippen LogP contribution in [0.2, 0.25) is 0 Å². The molecule has 0 aliphatic carbocycles. The van der Waals surface area contributed by atoms with Crippen molar-refractivity contribution in [3.63, 3.8) is 0 Å². The van der Waals surface area contributed by atoms with Gasteiger partial charge < -0.3 is 4.90 Å². The molecule has 21 heavy (non-hydrogen) atoms. The summed E-state index contributed by atoms with van der Waals surface area (Å²) in [6, 6.07) is 7.96. The van der Waals surface area contributed by atoms with Crippen molar-refractivity contribution in [2.45, 2.75) is 31.2 Å². The molecule has 0 N–H and O–H groups in total. The van der Waals surface area contributed by atoms with Gasteiger partial charge in [0.2, 0.25) is 5.91 Å². The smallest absolute Gasteiger partial charge is 0.232 e. The first kappa shape index (κ1) is 14.3. The highest BCUT2D eigenvalue weighted by atomic mass is 32.2. The van der Waals surface area contributed by atoms with Gasteiger partial charge in [0.25, 0.3) is 0 Å². The van der Waals surface area contributed by atoms with Crippen LogP contribution in [-0.4, -0.2) is 39.6 Å². The van der Waals surface area contributed by atoms with Gasteiger partial charge in [-0.25, -0.2) is 9.97 Å². The van der Waals surface area contributed by atoms with Gasteiger partial charge in [-0.2, -0.15) is 0 Å². The quantitative estimate of drug-likeness (QED) is 0.646. The number of piperidine rings is 1. The minimum atomic E-state index is 0.222. The van der Waals surface area contributed by atoms with Crippen molar-refractivity contribution in [3.8, 4) is 0 Å². The summed E-state index contributed by atoms with van der Waals surface area (Å²) in [4.78, 5) is 23.2. The van der Waals surface area contributed by atoms with Gasteiger partial charge in [-0.15, -0.1) is 0 Å². The number of fused-ring (bicyclic) bond motifs is 1. The van der Waals surface area contributed by atoms with E-state index in [0.29, 0.717) is 5.75 Å². The Morgan fingerprint density at radius 3 is 2.76 bits per heavy atom. The monoisotopic (exact) mass is 301 g/mol. The average Bonchev–Trinajstić information content (AvgIpc) is 2.53. The first-order valence-electron chi connectivity index (χ1n) is 7.38. The molecule has 1 amide bonds. The summed E-state index contributed by atoms with van der Waals surface area (Å²) >= 11 is 1.52. The number of rotatable bonds is 3. The zero-order chi connectivity index (χ0) is 14.7. The number of carbonyl (C=O) groups excluding carboxylic acids is 1. The van der Waals surface area contributed by atoms with E-state index in [2.05, 4.69) is 9.97 Å². The van der Waals surface area contributed by atoms with Gasteiger partial charge in [0.1, 0.15) is 10.9 Å². The zero-order valence-corrected chi connectivity index (χ0v) is 13.0. The van der Waals surface area contributed by atoms with Crippen LogP contribution in [0.5, 0.6) is 0 Å². The zero-order valence-electron chi connectivity index (χ0n) is 12.2. The van der Waals surface area contributed by atoms with E-state index in [-0.39, 0.29) is 5.91 Å². The highest BCUT2D eigenvalue weighted by molar-refractivity contribution is 8.00. The van der Waals surface area contributed by atoms with E-state index < -0.39 is 0 Å². The molecule has 1 aromatic heterocycles. The SMILES string of the molecule is Cc1nc(SCC(=O)N2CCCCC2)c2ccccc2n1. The minimum absolute atomic E-state index is 0.222. The molecule has 1 aliphatic heterocycles. The first-order valence-corrected chi connectivity index (χ1v) is 8.36. The number of likely N-dealkylation sites (tertiary alicyclic amines) is 1. The molecule has 2 aromatic rings. The van der Waals surface area contributed by atoms with Gasteiger partial charge in [0.05, 0.1) is 11.3 Å². The standard InChI is InChI=1S/C16H19N3OS/c1-12-17-14-8-4-3-7-13(14)16(18-12)21-11-15(20)19-9-5-2-6-10-19/h3-4,7-8H,2,5-6,9-11H2,1H3. The number of aromatic nitrogens is 2. The van der Waals surface area contributed by atoms with E-state index in [0.717, 1.165) is 47.7 Å². The summed E-state index contributed by atoms with van der Waals surface area (Å²) < 4.78 is 0. The second-order valence-electron chi connectivity index (χ2n) is 5.32. The number of para-hydroxylation sites is 1. The minimum Gasteiger partial charge on any atom is -0.342 e. The van der Waals surface area contributed by atoms with Crippen molar-refractivity contribution in [1.29, 1.82) is 0 Å². The van der Waals surface area contributed by atoms with Gasteiger partial charge in [0.15, 0.2) is 0 Å². The molecule has 1 saturated heterocycles. The van der Waals surface area contributed by atoms with Crippen LogP contribution in [-0.2, 0) is 4.79 Å². The molecule has 5 heteroatoms. The molecule has 0 saturated carbocycles. The Bertz CT molecular complexity index is 653. The second kappa shape index (κ2) is 6.43. The number of aryl methyl sites for hydroxylation is 1. The summed E-state index contributed by atoms with van der Waals surface area (Å²) in [6.45, 7) is 3.70. The van der Waals surface area contributed by atoms with Crippen LogP contribution in [0.4, 0.5) is 0 Å². The maximum Gasteiger partial charge on any atom is 0.232 e. The Labute approximate surface area is 129 Å². The number of benzene rings is 1. The van der Waals surface area contributed by atoms with Crippen molar-refractivity contribution < 1.29 is 4.79 Å². The number of hydrogen-bond donors (Lipinski definition) is 0. The van der Waals surface area contributed by atoms with Gasteiger partial charge in [-0.3, -0.25) is 4.79 Å². The van der Waals surface area contributed by atoms with Gasteiger partial charge in [0, 0.05) is 18.5 Å². The van der Waals surface area contributed by atoms with Crippen LogP contribution >= 0.6 is 11.8 Å².